The Morgan fingerprint density at radius 3 is 1.45 bits per heavy atom. The number of halogens is 7. The number of methoxy groups -OCH3 is 1. The lowest BCUT2D eigenvalue weighted by Gasteiger charge is -2.08. The van der Waals surface area contributed by atoms with Crippen LogP contribution in [0.5, 0.6) is 5.75 Å². The van der Waals surface area contributed by atoms with Crippen LogP contribution in [0.4, 0.5) is 26.3 Å². The molecule has 0 aromatic carbocycles. The molecule has 0 bridgehead atoms. The van der Waals surface area contributed by atoms with Crippen molar-refractivity contribution in [3.8, 4) is 5.75 Å². The first-order valence-electron chi connectivity index (χ1n) is 45.5. The predicted octanol–water partition coefficient (Wildman–Crippen LogP) is 27.6. The quantitative estimate of drug-likeness (QED) is 0.0926. The maximum atomic E-state index is 13.9. The molecule has 20 aromatic heterocycles. The molecule has 0 aliphatic carbocycles. The smallest absolute Gasteiger partial charge is 0.267 e. The molecule has 0 saturated carbocycles. The van der Waals surface area contributed by atoms with Gasteiger partial charge in [0.2, 0.25) is 0 Å². The van der Waals surface area contributed by atoms with E-state index in [1.165, 1.54) is 82.8 Å². The highest BCUT2D eigenvalue weighted by Crippen LogP contribution is 2.32. The van der Waals surface area contributed by atoms with Crippen LogP contribution in [-0.4, -0.2) is 112 Å². The number of hydrogen-bond donors (Lipinski definition) is 0. The fourth-order valence-electron chi connectivity index (χ4n) is 15.1. The van der Waals surface area contributed by atoms with Crippen molar-refractivity contribution in [2.45, 2.75) is 230 Å². The summed E-state index contributed by atoms with van der Waals surface area (Å²) in [5.41, 5.74) is 20.7. The molecule has 0 spiro atoms. The van der Waals surface area contributed by atoms with Crippen molar-refractivity contribution in [3.63, 3.8) is 0 Å². The molecule has 708 valence electrons. The fraction of sp³-hybridized carbons (Fsp3) is 0.343. The summed E-state index contributed by atoms with van der Waals surface area (Å²) < 4.78 is 100. The summed E-state index contributed by atoms with van der Waals surface area (Å²) in [6, 6.07) is 31.4. The third-order valence-corrected chi connectivity index (χ3v) is 22.8. The summed E-state index contributed by atoms with van der Waals surface area (Å²) in [5, 5.41) is 14.3. The Morgan fingerprint density at radius 2 is 0.844 bits per heavy atom. The van der Waals surface area contributed by atoms with Gasteiger partial charge < -0.3 is 26.7 Å². The van der Waals surface area contributed by atoms with E-state index in [0.29, 0.717) is 63.6 Å². The summed E-state index contributed by atoms with van der Waals surface area (Å²) in [5.74, 6) is 4.37. The zero-order chi connectivity index (χ0) is 97.8. The number of fused-ring (bicyclic) bond motifs is 10. The van der Waals surface area contributed by atoms with Crippen LogP contribution in [0.25, 0.3) is 61.5 Å². The number of aromatic nitrogens is 22. The molecule has 2 atom stereocenters. The Hall–Kier alpha value is -13.7. The van der Waals surface area contributed by atoms with E-state index in [1.54, 1.807) is 99.0 Å². The van der Waals surface area contributed by atoms with Crippen molar-refractivity contribution in [2.24, 2.45) is 0 Å². The second-order valence-electron chi connectivity index (χ2n) is 35.6. The largest absolute Gasteiger partial charge is 0.493 e. The van der Waals surface area contributed by atoms with Crippen LogP contribution < -0.4 is 4.74 Å². The molecule has 23 nitrogen and oxygen atoms in total. The van der Waals surface area contributed by atoms with Gasteiger partial charge in [0.25, 0.3) is 6.43 Å². The summed E-state index contributed by atoms with van der Waals surface area (Å²) in [4.78, 5) is 41.9. The topological polar surface area (TPSA) is 216 Å². The standard InChI is InChI=1S/C12H14F2N2.C12H15FN2.C11H12F2N2.C11H14N2O.C11H12N2.C10H11ClN2.C10H11FN2.C10H12N2.2C9H11N3/c1-7(2)10-6-15-12-11(14)9(8(3)13)4-5-16(10)12;1-8(2)11-7-14-12-6-10(9(3)13)4-5-15(11)12;1-7(2)9-6-14-11-8(10(12)13)4-3-5-15(9)11;1-8(2)9-7-12-11-10(14-3)5-4-6-13(9)11;1-8(2)9-4-6-13-11-7-12-5-3-10(9)11;1-7(2)9-6-12-10-8(11)4-3-5-13(9)10;1-7(2)9-5-12-13-6-8(11)3-4-10(9)13;1-8(2)9-5-6-11-12-7-3-4-10(9)12;1-7(2)8-5-10-6-12-4-3-11-9(8)12;1-7(2)8-3-4-11-12-6-5-10-9(8)12/h4-8H,1-3H3;4-9H,1-3H3;3-7,10H,1-2H3;4-8H,1-3H3;3-8H,1-2H3;2*3-7H,1-2H3;3-8H,1-2H3;2*3-7H,1-2H3. The van der Waals surface area contributed by atoms with E-state index in [9.17, 15) is 26.3 Å². The first-order chi connectivity index (χ1) is 64.5. The van der Waals surface area contributed by atoms with Crippen molar-refractivity contribution in [2.75, 3.05) is 7.11 Å². The van der Waals surface area contributed by atoms with Gasteiger partial charge in [-0.25, -0.2) is 79.8 Å². The molecule has 0 radical (unpaired) electrons. The molecule has 20 aromatic rings. The lowest BCUT2D eigenvalue weighted by molar-refractivity contribution is 0.152. The minimum Gasteiger partial charge on any atom is -0.493 e. The van der Waals surface area contributed by atoms with Crippen LogP contribution in [0.1, 0.15) is 303 Å². The molecule has 135 heavy (non-hydrogen) atoms. The number of rotatable bonds is 14. The van der Waals surface area contributed by atoms with Crippen LogP contribution in [0.15, 0.2) is 252 Å². The maximum Gasteiger partial charge on any atom is 0.267 e. The van der Waals surface area contributed by atoms with E-state index < -0.39 is 24.6 Å². The van der Waals surface area contributed by atoms with E-state index in [4.69, 9.17) is 16.3 Å². The fourth-order valence-corrected chi connectivity index (χ4v) is 15.3. The highest BCUT2D eigenvalue weighted by molar-refractivity contribution is 6.33. The van der Waals surface area contributed by atoms with Gasteiger partial charge in [0.1, 0.15) is 41.4 Å². The maximum absolute atomic E-state index is 13.9. The third-order valence-electron chi connectivity index (χ3n) is 22.5. The molecule has 0 fully saturated rings. The number of pyridine rings is 8. The first-order valence-corrected chi connectivity index (χ1v) is 45.9. The molecular formula is C105H123ClF6N22O. The van der Waals surface area contributed by atoms with E-state index in [2.05, 4.69) is 199 Å². The predicted molar refractivity (Wildman–Crippen MR) is 528 cm³/mol. The van der Waals surface area contributed by atoms with Gasteiger partial charge in [-0.2, -0.15) is 15.3 Å². The number of alkyl halides is 4. The zero-order valence-electron chi connectivity index (χ0n) is 81.1. The van der Waals surface area contributed by atoms with E-state index in [0.717, 1.165) is 67.7 Å². The molecule has 0 N–H and O–H groups in total. The molecule has 0 amide bonds. The molecule has 0 aliphatic heterocycles. The van der Waals surface area contributed by atoms with Crippen LogP contribution in [0.2, 0.25) is 5.02 Å². The van der Waals surface area contributed by atoms with E-state index >= 15 is 0 Å². The average molecular weight is 1860 g/mol. The Bertz CT molecular complexity index is 6990. The van der Waals surface area contributed by atoms with Gasteiger partial charge >= 0.3 is 0 Å². The number of hydrogen-bond acceptors (Lipinski definition) is 14. The minimum atomic E-state index is -2.48. The Morgan fingerprint density at radius 1 is 0.326 bits per heavy atom. The molecule has 20 rings (SSSR count). The van der Waals surface area contributed by atoms with Crippen LogP contribution in [-0.2, 0) is 0 Å². The van der Waals surface area contributed by atoms with Crippen molar-refractivity contribution in [1.82, 2.24) is 105 Å². The van der Waals surface area contributed by atoms with Crippen LogP contribution in [0.3, 0.4) is 0 Å². The van der Waals surface area contributed by atoms with Gasteiger partial charge in [-0.05, 0) is 193 Å². The zero-order valence-corrected chi connectivity index (χ0v) is 81.8. The minimum absolute atomic E-state index is 0.00981. The highest BCUT2D eigenvalue weighted by Gasteiger charge is 2.21. The number of imidazole rings is 7. The molecule has 30 heteroatoms. The number of nitrogens with zero attached hydrogens (tertiary/aromatic N) is 22. The third kappa shape index (κ3) is 24.8. The monoisotopic (exact) mass is 1860 g/mol. The van der Waals surface area contributed by atoms with Gasteiger partial charge in [-0.15, -0.1) is 0 Å². The van der Waals surface area contributed by atoms with Crippen molar-refractivity contribution < 1.29 is 31.1 Å². The van der Waals surface area contributed by atoms with Gasteiger partial charge in [-0.3, -0.25) is 14.4 Å². The Balaban J connectivity index is 0.000000144. The highest BCUT2D eigenvalue weighted by atomic mass is 35.5. The summed E-state index contributed by atoms with van der Waals surface area (Å²) >= 11 is 5.99. The Kier molecular flexibility index (Phi) is 35.3. The molecular weight excluding hydrogens is 1730 g/mol. The molecule has 20 heterocycles. The second-order valence-corrected chi connectivity index (χ2v) is 36.0. The van der Waals surface area contributed by atoms with Crippen molar-refractivity contribution in [1.29, 1.82) is 0 Å². The Labute approximate surface area is 789 Å². The molecule has 2 unspecified atom stereocenters. The lowest BCUT2D eigenvalue weighted by Crippen LogP contribution is -2.00. The summed E-state index contributed by atoms with van der Waals surface area (Å²) in [7, 11) is 1.67. The van der Waals surface area contributed by atoms with Crippen LogP contribution >= 0.6 is 11.6 Å². The van der Waals surface area contributed by atoms with Gasteiger partial charge in [0.15, 0.2) is 34.2 Å². The lowest BCUT2D eigenvalue weighted by atomic mass is 10.0. The summed E-state index contributed by atoms with van der Waals surface area (Å²) in [6.07, 6.45) is 38.8. The first kappa shape index (κ1) is 102. The SMILES string of the molecule is CC(C)c1ccnc2cnccc12.CC(C)c1ccnn2cccc12.CC(C)c1ccnn2ccnc12.CC(C)c1cnc2c(C(F)F)cccn12.CC(C)c1cnc2c(Cl)cccn12.CC(C)c1cnc2c(F)c(C(C)F)ccn12.CC(C)c1cnc2cc(C(C)F)ccn12.CC(C)c1cncn2ccnc12.CC(C)c1cnn2cc(F)ccc12.COc1cccn2c(C(C)C)cnc12. The summed E-state index contributed by atoms with van der Waals surface area (Å²) in [6.45, 7) is 45.3. The van der Waals surface area contributed by atoms with E-state index in [-0.39, 0.29) is 34.4 Å². The van der Waals surface area contributed by atoms with E-state index in [1.807, 2.05) is 181 Å². The normalized spacial score (nSPS) is 11.9. The second kappa shape index (κ2) is 46.8. The van der Waals surface area contributed by atoms with Gasteiger partial charge in [0, 0.05) is 180 Å². The number of ether oxygens (including phenoxy) is 1. The average Bonchev–Trinajstić information content (AvgIpc) is 1.85. The van der Waals surface area contributed by atoms with Gasteiger partial charge in [0.05, 0.1) is 52.8 Å². The van der Waals surface area contributed by atoms with Crippen molar-refractivity contribution in [3.05, 3.63) is 342 Å². The molecule has 0 saturated heterocycles. The van der Waals surface area contributed by atoms with Crippen molar-refractivity contribution >= 4 is 73.1 Å². The van der Waals surface area contributed by atoms with Crippen LogP contribution in [0, 0.1) is 11.6 Å². The van der Waals surface area contributed by atoms with Gasteiger partial charge in [-0.1, -0.05) is 150 Å². The molecule has 0 aliphatic rings.